The number of benzene rings is 1. The zero-order valence-electron chi connectivity index (χ0n) is 11.6. The van der Waals surface area contributed by atoms with Crippen LogP contribution in [0, 0.1) is 5.82 Å². The van der Waals surface area contributed by atoms with Crippen LogP contribution < -0.4 is 5.73 Å². The first-order chi connectivity index (χ1) is 10.5. The van der Waals surface area contributed by atoms with Gasteiger partial charge in [-0.25, -0.2) is 19.3 Å². The number of hydrogen-bond acceptors (Lipinski definition) is 6. The van der Waals surface area contributed by atoms with E-state index in [1.165, 1.54) is 36.5 Å². The van der Waals surface area contributed by atoms with E-state index in [9.17, 15) is 14.6 Å². The number of nitrogen functional groups attached to an aromatic ring is 1. The maximum Gasteiger partial charge on any atom is 0.220 e. The molecule has 0 fully saturated rings. The molecule has 0 aliphatic carbocycles. The smallest absolute Gasteiger partial charge is 0.220 e. The standard InChI is InChI=1S/C15H11FN4O2.ClH/c16-10-7-8(21)1-2-9(10)11-3-4-13(22)14(19-11)12-5-6-18-15(17)20-12;/h1-7,21-22H,(H2,17,18,20);1H. The summed E-state index contributed by atoms with van der Waals surface area (Å²) < 4.78 is 13.9. The van der Waals surface area contributed by atoms with Gasteiger partial charge in [0.2, 0.25) is 5.95 Å². The molecule has 0 bridgehead atoms. The molecule has 2 heterocycles. The predicted octanol–water partition coefficient (Wildman–Crippen LogP) is 2.76. The molecule has 0 spiro atoms. The van der Waals surface area contributed by atoms with Gasteiger partial charge < -0.3 is 15.9 Å². The summed E-state index contributed by atoms with van der Waals surface area (Å²) in [6, 6.07) is 8.15. The molecule has 6 nitrogen and oxygen atoms in total. The van der Waals surface area contributed by atoms with E-state index < -0.39 is 5.82 Å². The van der Waals surface area contributed by atoms with Gasteiger partial charge in [0, 0.05) is 17.8 Å². The molecule has 4 N–H and O–H groups in total. The lowest BCUT2D eigenvalue weighted by Crippen LogP contribution is -1.97. The second-order valence-electron chi connectivity index (χ2n) is 4.53. The van der Waals surface area contributed by atoms with E-state index in [4.69, 9.17) is 5.73 Å². The largest absolute Gasteiger partial charge is 0.508 e. The predicted molar refractivity (Wildman–Crippen MR) is 85.6 cm³/mol. The van der Waals surface area contributed by atoms with Crippen molar-refractivity contribution in [2.45, 2.75) is 0 Å². The Labute approximate surface area is 136 Å². The molecule has 0 saturated carbocycles. The topological polar surface area (TPSA) is 105 Å². The van der Waals surface area contributed by atoms with Crippen LogP contribution in [-0.2, 0) is 0 Å². The van der Waals surface area contributed by atoms with Gasteiger partial charge in [0.15, 0.2) is 0 Å². The molecule has 0 radical (unpaired) electrons. The lowest BCUT2D eigenvalue weighted by atomic mass is 10.1. The molecule has 3 rings (SSSR count). The Morgan fingerprint density at radius 1 is 0.957 bits per heavy atom. The minimum Gasteiger partial charge on any atom is -0.508 e. The summed E-state index contributed by atoms with van der Waals surface area (Å²) in [6.07, 6.45) is 1.44. The molecule has 0 unspecified atom stereocenters. The van der Waals surface area contributed by atoms with E-state index in [1.54, 1.807) is 0 Å². The molecule has 0 atom stereocenters. The highest BCUT2D eigenvalue weighted by atomic mass is 35.5. The van der Waals surface area contributed by atoms with Gasteiger partial charge >= 0.3 is 0 Å². The highest BCUT2D eigenvalue weighted by Crippen LogP contribution is 2.31. The van der Waals surface area contributed by atoms with E-state index in [0.29, 0.717) is 11.4 Å². The van der Waals surface area contributed by atoms with Gasteiger partial charge in [-0.1, -0.05) is 0 Å². The molecule has 0 aliphatic rings. The van der Waals surface area contributed by atoms with Crippen LogP contribution >= 0.6 is 12.4 Å². The highest BCUT2D eigenvalue weighted by Gasteiger charge is 2.13. The van der Waals surface area contributed by atoms with Gasteiger partial charge in [0.25, 0.3) is 0 Å². The van der Waals surface area contributed by atoms with Crippen LogP contribution in [0.15, 0.2) is 42.6 Å². The first-order valence-electron chi connectivity index (χ1n) is 6.32. The van der Waals surface area contributed by atoms with Crippen LogP contribution in [0.3, 0.4) is 0 Å². The van der Waals surface area contributed by atoms with Crippen molar-refractivity contribution in [1.82, 2.24) is 15.0 Å². The number of aromatic nitrogens is 3. The van der Waals surface area contributed by atoms with Crippen molar-refractivity contribution in [3.63, 3.8) is 0 Å². The number of nitrogens with two attached hydrogens (primary N) is 1. The maximum absolute atomic E-state index is 13.9. The Hall–Kier alpha value is -2.93. The third-order valence-electron chi connectivity index (χ3n) is 3.02. The summed E-state index contributed by atoms with van der Waals surface area (Å²) in [6.45, 7) is 0. The fourth-order valence-corrected chi connectivity index (χ4v) is 2.01. The minimum absolute atomic E-state index is 0. The van der Waals surface area contributed by atoms with Crippen molar-refractivity contribution >= 4 is 18.4 Å². The number of aromatic hydroxyl groups is 2. The molecule has 8 heteroatoms. The van der Waals surface area contributed by atoms with Gasteiger partial charge in [0.1, 0.15) is 23.0 Å². The van der Waals surface area contributed by atoms with Crippen LogP contribution in [-0.4, -0.2) is 25.2 Å². The second-order valence-corrected chi connectivity index (χ2v) is 4.53. The normalized spacial score (nSPS) is 10.1. The number of nitrogens with zero attached hydrogens (tertiary/aromatic N) is 3. The molecule has 0 aliphatic heterocycles. The lowest BCUT2D eigenvalue weighted by Gasteiger charge is -2.08. The van der Waals surface area contributed by atoms with Gasteiger partial charge in [-0.2, -0.15) is 0 Å². The SMILES string of the molecule is Cl.Nc1nccc(-c2nc(-c3ccc(O)cc3F)ccc2O)n1. The Balaban J connectivity index is 0.00000192. The maximum atomic E-state index is 13.9. The summed E-state index contributed by atoms with van der Waals surface area (Å²) in [5.74, 6) is -0.865. The zero-order chi connectivity index (χ0) is 15.7. The summed E-state index contributed by atoms with van der Waals surface area (Å²) in [5.41, 5.74) is 6.50. The van der Waals surface area contributed by atoms with Crippen LogP contribution in [0.25, 0.3) is 22.6 Å². The molecule has 0 saturated heterocycles. The van der Waals surface area contributed by atoms with E-state index >= 15 is 0 Å². The Kier molecular flexibility index (Phi) is 4.61. The van der Waals surface area contributed by atoms with E-state index in [0.717, 1.165) is 6.07 Å². The summed E-state index contributed by atoms with van der Waals surface area (Å²) >= 11 is 0. The molecule has 0 amide bonds. The highest BCUT2D eigenvalue weighted by molar-refractivity contribution is 5.85. The number of pyridine rings is 1. The molecule has 23 heavy (non-hydrogen) atoms. The fraction of sp³-hybridized carbons (Fsp3) is 0. The summed E-state index contributed by atoms with van der Waals surface area (Å²) in [4.78, 5) is 12.0. The lowest BCUT2D eigenvalue weighted by molar-refractivity contribution is 0.469. The number of halogens is 2. The van der Waals surface area contributed by atoms with Crippen molar-refractivity contribution in [3.05, 3.63) is 48.4 Å². The second kappa shape index (κ2) is 6.45. The van der Waals surface area contributed by atoms with Crippen molar-refractivity contribution in [3.8, 4) is 34.1 Å². The zero-order valence-corrected chi connectivity index (χ0v) is 12.5. The van der Waals surface area contributed by atoms with Crippen LogP contribution in [0.1, 0.15) is 0 Å². The summed E-state index contributed by atoms with van der Waals surface area (Å²) in [7, 11) is 0. The Morgan fingerprint density at radius 2 is 1.74 bits per heavy atom. The van der Waals surface area contributed by atoms with Crippen LogP contribution in [0.4, 0.5) is 10.3 Å². The number of phenolic OH excluding ortho intramolecular Hbond substituents is 1. The van der Waals surface area contributed by atoms with Crippen LogP contribution in [0.2, 0.25) is 0 Å². The molecule has 1 aromatic carbocycles. The minimum atomic E-state index is -0.619. The van der Waals surface area contributed by atoms with E-state index in [2.05, 4.69) is 15.0 Å². The van der Waals surface area contributed by atoms with Gasteiger partial charge in [-0.3, -0.25) is 0 Å². The Bertz CT molecular complexity index is 861. The average Bonchev–Trinajstić information content (AvgIpc) is 2.48. The molecular weight excluding hydrogens is 323 g/mol. The number of rotatable bonds is 2. The monoisotopic (exact) mass is 334 g/mol. The first kappa shape index (κ1) is 16.4. The fourth-order valence-electron chi connectivity index (χ4n) is 2.01. The number of phenols is 1. The van der Waals surface area contributed by atoms with Crippen molar-refractivity contribution in [1.29, 1.82) is 0 Å². The van der Waals surface area contributed by atoms with Crippen molar-refractivity contribution < 1.29 is 14.6 Å². The van der Waals surface area contributed by atoms with E-state index in [1.807, 2.05) is 0 Å². The van der Waals surface area contributed by atoms with E-state index in [-0.39, 0.29) is 41.1 Å². The number of hydrogen-bond donors (Lipinski definition) is 3. The van der Waals surface area contributed by atoms with Crippen molar-refractivity contribution in [2.24, 2.45) is 0 Å². The quantitative estimate of drug-likeness (QED) is 0.665. The molecule has 3 aromatic rings. The summed E-state index contributed by atoms with van der Waals surface area (Å²) in [5, 5.41) is 19.2. The first-order valence-corrected chi connectivity index (χ1v) is 6.32. The van der Waals surface area contributed by atoms with Gasteiger partial charge in [0.05, 0.1) is 11.4 Å². The van der Waals surface area contributed by atoms with Crippen molar-refractivity contribution in [2.75, 3.05) is 5.73 Å². The van der Waals surface area contributed by atoms with Gasteiger partial charge in [-0.05, 0) is 30.3 Å². The average molecular weight is 335 g/mol. The third-order valence-corrected chi connectivity index (χ3v) is 3.02. The number of anilines is 1. The molecule has 2 aromatic heterocycles. The molecular formula is C15H12ClFN4O2. The molecule has 118 valence electrons. The Morgan fingerprint density at radius 3 is 2.43 bits per heavy atom. The van der Waals surface area contributed by atoms with Crippen LogP contribution in [0.5, 0.6) is 11.5 Å². The third kappa shape index (κ3) is 3.29. The van der Waals surface area contributed by atoms with Gasteiger partial charge in [-0.15, -0.1) is 12.4 Å².